The highest BCUT2D eigenvalue weighted by molar-refractivity contribution is 5.81. The number of benzene rings is 2. The lowest BCUT2D eigenvalue weighted by atomic mass is 10.0. The summed E-state index contributed by atoms with van der Waals surface area (Å²) in [5.41, 5.74) is 3.12. The second-order valence-electron chi connectivity index (χ2n) is 7.18. The maximum absolute atomic E-state index is 12.7. The van der Waals surface area contributed by atoms with Crippen molar-refractivity contribution in [2.75, 3.05) is 13.1 Å². The quantitative estimate of drug-likeness (QED) is 0.574. The highest BCUT2D eigenvalue weighted by Gasteiger charge is 2.17. The molecule has 1 heterocycles. The summed E-state index contributed by atoms with van der Waals surface area (Å²) in [6.07, 6.45) is 0. The summed E-state index contributed by atoms with van der Waals surface area (Å²) in [4.78, 5) is 19.2. The Morgan fingerprint density at radius 2 is 1.75 bits per heavy atom. The monoisotopic (exact) mass is 379 g/mol. The summed E-state index contributed by atoms with van der Waals surface area (Å²) in [6, 6.07) is 16.1. The van der Waals surface area contributed by atoms with Gasteiger partial charge in [-0.05, 0) is 49.6 Å². The highest BCUT2D eigenvalue weighted by atomic mass is 16.5. The van der Waals surface area contributed by atoms with Gasteiger partial charge < -0.3 is 14.2 Å². The lowest BCUT2D eigenvalue weighted by molar-refractivity contribution is -0.131. The standard InChI is InChI=1S/C23H29N3O2/c1-5-25(6-2)23(27)15-26-21-10-8-7-9-20(21)24-22(26)16-28-19-13-11-18(12-14-19)17(3)4/h7-14,17H,5-6,15-16H2,1-4H3. The number of amides is 1. The van der Waals surface area contributed by atoms with E-state index in [-0.39, 0.29) is 12.5 Å². The van der Waals surface area contributed by atoms with Crippen LogP contribution in [0.15, 0.2) is 48.5 Å². The number of imidazole rings is 1. The van der Waals surface area contributed by atoms with Crippen LogP contribution in [0.25, 0.3) is 11.0 Å². The van der Waals surface area contributed by atoms with Crippen molar-refractivity contribution in [2.45, 2.75) is 46.8 Å². The van der Waals surface area contributed by atoms with Gasteiger partial charge in [0.1, 0.15) is 24.7 Å². The van der Waals surface area contributed by atoms with E-state index in [4.69, 9.17) is 9.72 Å². The SMILES string of the molecule is CCN(CC)C(=O)Cn1c(COc2ccc(C(C)C)cc2)nc2ccccc21. The summed E-state index contributed by atoms with van der Waals surface area (Å²) in [5, 5.41) is 0. The van der Waals surface area contributed by atoms with Crippen molar-refractivity contribution in [1.29, 1.82) is 0 Å². The third-order valence-electron chi connectivity index (χ3n) is 5.06. The smallest absolute Gasteiger partial charge is 0.242 e. The molecule has 28 heavy (non-hydrogen) atoms. The first kappa shape index (κ1) is 19.9. The molecule has 0 atom stereocenters. The van der Waals surface area contributed by atoms with E-state index in [1.165, 1.54) is 5.56 Å². The minimum atomic E-state index is 0.0932. The van der Waals surface area contributed by atoms with E-state index in [0.29, 0.717) is 25.6 Å². The van der Waals surface area contributed by atoms with Gasteiger partial charge in [0.15, 0.2) is 0 Å². The molecule has 5 nitrogen and oxygen atoms in total. The van der Waals surface area contributed by atoms with E-state index in [2.05, 4.69) is 26.0 Å². The molecule has 0 aliphatic rings. The second-order valence-corrected chi connectivity index (χ2v) is 7.18. The third kappa shape index (κ3) is 4.35. The fraction of sp³-hybridized carbons (Fsp3) is 0.391. The molecule has 0 radical (unpaired) electrons. The summed E-state index contributed by atoms with van der Waals surface area (Å²) < 4.78 is 7.95. The summed E-state index contributed by atoms with van der Waals surface area (Å²) >= 11 is 0. The lowest BCUT2D eigenvalue weighted by Crippen LogP contribution is -2.33. The van der Waals surface area contributed by atoms with Crippen molar-refractivity contribution in [3.8, 4) is 5.75 Å². The molecule has 1 aromatic heterocycles. The van der Waals surface area contributed by atoms with E-state index >= 15 is 0 Å². The molecule has 2 aromatic carbocycles. The van der Waals surface area contributed by atoms with Crippen molar-refractivity contribution >= 4 is 16.9 Å². The molecule has 5 heteroatoms. The average Bonchev–Trinajstić information content (AvgIpc) is 3.05. The maximum atomic E-state index is 12.7. The number of aromatic nitrogens is 2. The number of hydrogen-bond donors (Lipinski definition) is 0. The molecular weight excluding hydrogens is 350 g/mol. The molecule has 0 spiro atoms. The van der Waals surface area contributed by atoms with E-state index in [0.717, 1.165) is 22.6 Å². The molecule has 0 aliphatic carbocycles. The molecule has 3 aromatic rings. The predicted molar refractivity (Wildman–Crippen MR) is 113 cm³/mol. The van der Waals surface area contributed by atoms with Gasteiger partial charge in [0.05, 0.1) is 11.0 Å². The van der Waals surface area contributed by atoms with Gasteiger partial charge in [-0.1, -0.05) is 38.1 Å². The zero-order valence-corrected chi connectivity index (χ0v) is 17.2. The first-order valence-electron chi connectivity index (χ1n) is 9.98. The Morgan fingerprint density at radius 1 is 1.07 bits per heavy atom. The van der Waals surface area contributed by atoms with Gasteiger partial charge in [-0.2, -0.15) is 0 Å². The van der Waals surface area contributed by atoms with Crippen molar-refractivity contribution in [1.82, 2.24) is 14.5 Å². The van der Waals surface area contributed by atoms with Crippen molar-refractivity contribution < 1.29 is 9.53 Å². The van der Waals surface area contributed by atoms with Crippen molar-refractivity contribution in [3.63, 3.8) is 0 Å². The Morgan fingerprint density at radius 3 is 2.39 bits per heavy atom. The largest absolute Gasteiger partial charge is 0.486 e. The van der Waals surface area contributed by atoms with Crippen LogP contribution in [0, 0.1) is 0 Å². The van der Waals surface area contributed by atoms with Crippen LogP contribution in [-0.2, 0) is 17.9 Å². The average molecular weight is 380 g/mol. The molecule has 3 rings (SSSR count). The van der Waals surface area contributed by atoms with E-state index in [1.54, 1.807) is 0 Å². The first-order chi connectivity index (χ1) is 13.5. The number of likely N-dealkylation sites (N-methyl/N-ethyl adjacent to an activating group) is 1. The van der Waals surface area contributed by atoms with Crippen LogP contribution < -0.4 is 4.74 Å². The van der Waals surface area contributed by atoms with Crippen LogP contribution in [0.3, 0.4) is 0 Å². The summed E-state index contributed by atoms with van der Waals surface area (Å²) in [6.45, 7) is 10.3. The molecule has 148 valence electrons. The van der Waals surface area contributed by atoms with Gasteiger partial charge in [-0.15, -0.1) is 0 Å². The minimum absolute atomic E-state index is 0.0932. The Hall–Kier alpha value is -2.82. The maximum Gasteiger partial charge on any atom is 0.242 e. The summed E-state index contributed by atoms with van der Waals surface area (Å²) in [7, 11) is 0. The van der Waals surface area contributed by atoms with Crippen LogP contribution in [0.5, 0.6) is 5.75 Å². The number of nitrogens with zero attached hydrogens (tertiary/aromatic N) is 3. The molecule has 0 bridgehead atoms. The zero-order chi connectivity index (χ0) is 20.1. The molecule has 0 unspecified atom stereocenters. The lowest BCUT2D eigenvalue weighted by Gasteiger charge is -2.20. The topological polar surface area (TPSA) is 47.4 Å². The number of rotatable bonds is 8. The molecule has 0 fully saturated rings. The molecular formula is C23H29N3O2. The number of para-hydroxylation sites is 2. The molecule has 1 amide bonds. The van der Waals surface area contributed by atoms with E-state index in [1.807, 2.05) is 59.7 Å². The summed E-state index contributed by atoms with van der Waals surface area (Å²) in [5.74, 6) is 2.15. The molecule has 0 saturated heterocycles. The second kappa shape index (κ2) is 8.91. The van der Waals surface area contributed by atoms with Crippen LogP contribution >= 0.6 is 0 Å². The Labute approximate surface area is 166 Å². The fourth-order valence-electron chi connectivity index (χ4n) is 3.32. The highest BCUT2D eigenvalue weighted by Crippen LogP contribution is 2.21. The van der Waals surface area contributed by atoms with Gasteiger partial charge in [-0.25, -0.2) is 4.98 Å². The minimum Gasteiger partial charge on any atom is -0.486 e. The number of ether oxygens (including phenoxy) is 1. The number of hydrogen-bond acceptors (Lipinski definition) is 3. The van der Waals surface area contributed by atoms with Gasteiger partial charge in [0.25, 0.3) is 0 Å². The van der Waals surface area contributed by atoms with Gasteiger partial charge >= 0.3 is 0 Å². The normalized spacial score (nSPS) is 11.2. The number of carbonyl (C=O) groups excluding carboxylic acids is 1. The van der Waals surface area contributed by atoms with E-state index < -0.39 is 0 Å². The number of carbonyl (C=O) groups is 1. The third-order valence-corrected chi connectivity index (χ3v) is 5.06. The molecule has 0 N–H and O–H groups in total. The Bertz CT molecular complexity index is 925. The Balaban J connectivity index is 1.82. The van der Waals surface area contributed by atoms with Crippen molar-refractivity contribution in [3.05, 3.63) is 59.9 Å². The van der Waals surface area contributed by atoms with Crippen LogP contribution in [-0.4, -0.2) is 33.4 Å². The van der Waals surface area contributed by atoms with Crippen molar-refractivity contribution in [2.24, 2.45) is 0 Å². The fourth-order valence-corrected chi connectivity index (χ4v) is 3.32. The van der Waals surface area contributed by atoms with Gasteiger partial charge in [0, 0.05) is 13.1 Å². The number of fused-ring (bicyclic) bond motifs is 1. The Kier molecular flexibility index (Phi) is 6.34. The van der Waals surface area contributed by atoms with Crippen LogP contribution in [0.2, 0.25) is 0 Å². The predicted octanol–water partition coefficient (Wildman–Crippen LogP) is 4.61. The zero-order valence-electron chi connectivity index (χ0n) is 17.2. The molecule has 0 aliphatic heterocycles. The first-order valence-corrected chi connectivity index (χ1v) is 9.98. The molecule has 0 saturated carbocycles. The van der Waals surface area contributed by atoms with E-state index in [9.17, 15) is 4.79 Å². The van der Waals surface area contributed by atoms with Gasteiger partial charge in [0.2, 0.25) is 5.91 Å². The van der Waals surface area contributed by atoms with Crippen LogP contribution in [0.1, 0.15) is 45.0 Å². The van der Waals surface area contributed by atoms with Crippen LogP contribution in [0.4, 0.5) is 0 Å². The van der Waals surface area contributed by atoms with Gasteiger partial charge in [-0.3, -0.25) is 4.79 Å².